The molecule has 4 heteroatoms. The molecule has 78 valence electrons. The van der Waals surface area contributed by atoms with E-state index in [4.69, 9.17) is 5.11 Å². The van der Waals surface area contributed by atoms with Gasteiger partial charge in [-0.1, -0.05) is 35.7 Å². The monoisotopic (exact) mass is 251 g/mol. The van der Waals surface area contributed by atoms with Crippen LogP contribution in [0.5, 0.6) is 0 Å². The minimum Gasteiger partial charge on any atom is -0.396 e. The van der Waals surface area contributed by atoms with Gasteiger partial charge in [-0.25, -0.2) is 0 Å². The van der Waals surface area contributed by atoms with Crippen molar-refractivity contribution < 1.29 is 9.90 Å². The normalized spacial score (nSPS) is 12.5. The molecular formula is C9H18BrNO2. The lowest BCUT2D eigenvalue weighted by molar-refractivity contribution is -0.120. The third-order valence-corrected chi connectivity index (χ3v) is 2.60. The molecule has 3 nitrogen and oxygen atoms in total. The van der Waals surface area contributed by atoms with Crippen LogP contribution >= 0.6 is 15.9 Å². The summed E-state index contributed by atoms with van der Waals surface area (Å²) in [6.45, 7) is 2.79. The zero-order chi connectivity index (χ0) is 10.1. The summed E-state index contributed by atoms with van der Waals surface area (Å²) >= 11 is 3.32. The Bertz CT molecular complexity index is 142. The van der Waals surface area contributed by atoms with Gasteiger partial charge in [-0.05, 0) is 12.8 Å². The van der Waals surface area contributed by atoms with Gasteiger partial charge in [-0.2, -0.15) is 0 Å². The van der Waals surface area contributed by atoms with E-state index in [1.165, 1.54) is 0 Å². The van der Waals surface area contributed by atoms with Crippen LogP contribution in [0.2, 0.25) is 0 Å². The maximum absolute atomic E-state index is 11.3. The summed E-state index contributed by atoms with van der Waals surface area (Å²) in [6, 6.07) is 0. The number of hydrogen-bond donors (Lipinski definition) is 2. The largest absolute Gasteiger partial charge is 0.396 e. The first-order valence-corrected chi connectivity index (χ1v) is 5.66. The third-order valence-electron chi connectivity index (χ3n) is 1.73. The highest BCUT2D eigenvalue weighted by atomic mass is 79.9. The average Bonchev–Trinajstić information content (AvgIpc) is 2.14. The number of aliphatic hydroxyl groups excluding tert-OH is 1. The van der Waals surface area contributed by atoms with E-state index in [1.54, 1.807) is 0 Å². The van der Waals surface area contributed by atoms with Gasteiger partial charge < -0.3 is 10.4 Å². The molecular weight excluding hydrogens is 234 g/mol. The van der Waals surface area contributed by atoms with Gasteiger partial charge in [0.15, 0.2) is 0 Å². The summed E-state index contributed by atoms with van der Waals surface area (Å²) in [5.74, 6) is 0.0295. The molecule has 1 unspecified atom stereocenters. The van der Waals surface area contributed by atoms with Crippen molar-refractivity contribution in [2.45, 2.75) is 37.4 Å². The summed E-state index contributed by atoms with van der Waals surface area (Å²) in [7, 11) is 0. The van der Waals surface area contributed by atoms with Gasteiger partial charge in [0, 0.05) is 13.2 Å². The SMILES string of the molecule is CCCCC(Br)C(=O)NCCCO. The Kier molecular flexibility index (Phi) is 8.45. The number of rotatable bonds is 7. The number of hydrogen-bond acceptors (Lipinski definition) is 2. The summed E-state index contributed by atoms with van der Waals surface area (Å²) in [6.07, 6.45) is 3.66. The van der Waals surface area contributed by atoms with Gasteiger partial charge in [-0.3, -0.25) is 4.79 Å². The fraction of sp³-hybridized carbons (Fsp3) is 0.889. The van der Waals surface area contributed by atoms with E-state index >= 15 is 0 Å². The maximum Gasteiger partial charge on any atom is 0.233 e. The van der Waals surface area contributed by atoms with Crippen molar-refractivity contribution in [3.8, 4) is 0 Å². The highest BCUT2D eigenvalue weighted by molar-refractivity contribution is 9.10. The molecule has 0 saturated carbocycles. The highest BCUT2D eigenvalue weighted by Crippen LogP contribution is 2.09. The number of halogens is 1. The van der Waals surface area contributed by atoms with E-state index in [0.29, 0.717) is 13.0 Å². The van der Waals surface area contributed by atoms with Crippen molar-refractivity contribution >= 4 is 21.8 Å². The molecule has 0 spiro atoms. The van der Waals surface area contributed by atoms with E-state index in [0.717, 1.165) is 19.3 Å². The van der Waals surface area contributed by atoms with Crippen molar-refractivity contribution in [3.05, 3.63) is 0 Å². The number of amides is 1. The van der Waals surface area contributed by atoms with Crippen LogP contribution in [0.15, 0.2) is 0 Å². The molecule has 0 aliphatic carbocycles. The Morgan fingerprint density at radius 1 is 1.54 bits per heavy atom. The van der Waals surface area contributed by atoms with Crippen LogP contribution in [-0.2, 0) is 4.79 Å². The lowest BCUT2D eigenvalue weighted by atomic mass is 10.2. The van der Waals surface area contributed by atoms with Gasteiger partial charge in [0.1, 0.15) is 0 Å². The Morgan fingerprint density at radius 3 is 2.77 bits per heavy atom. The number of carbonyl (C=O) groups excluding carboxylic acids is 1. The second-order valence-corrected chi connectivity index (χ2v) is 4.08. The summed E-state index contributed by atoms with van der Waals surface area (Å²) < 4.78 is 0. The van der Waals surface area contributed by atoms with Crippen LogP contribution in [0.4, 0.5) is 0 Å². The van der Waals surface area contributed by atoms with Crippen molar-refractivity contribution in [2.24, 2.45) is 0 Å². The zero-order valence-electron chi connectivity index (χ0n) is 8.05. The van der Waals surface area contributed by atoms with Gasteiger partial charge in [-0.15, -0.1) is 0 Å². The molecule has 1 atom stereocenters. The minimum atomic E-state index is -0.0776. The summed E-state index contributed by atoms with van der Waals surface area (Å²) in [4.78, 5) is 11.2. The van der Waals surface area contributed by atoms with Gasteiger partial charge in [0.25, 0.3) is 0 Å². The van der Waals surface area contributed by atoms with E-state index in [2.05, 4.69) is 28.2 Å². The number of nitrogens with one attached hydrogen (secondary N) is 1. The van der Waals surface area contributed by atoms with Crippen LogP contribution in [0.3, 0.4) is 0 Å². The Balaban J connectivity index is 3.45. The van der Waals surface area contributed by atoms with E-state index in [-0.39, 0.29) is 17.3 Å². The lowest BCUT2D eigenvalue weighted by Crippen LogP contribution is -2.32. The van der Waals surface area contributed by atoms with Crippen molar-refractivity contribution in [3.63, 3.8) is 0 Å². The second kappa shape index (κ2) is 8.51. The topological polar surface area (TPSA) is 49.3 Å². The number of aliphatic hydroxyl groups is 1. The predicted molar refractivity (Wildman–Crippen MR) is 57.0 cm³/mol. The first-order chi connectivity index (χ1) is 6.22. The van der Waals surface area contributed by atoms with Crippen molar-refractivity contribution in [2.75, 3.05) is 13.2 Å². The fourth-order valence-corrected chi connectivity index (χ4v) is 1.40. The van der Waals surface area contributed by atoms with E-state index < -0.39 is 0 Å². The Morgan fingerprint density at radius 2 is 2.23 bits per heavy atom. The fourth-order valence-electron chi connectivity index (χ4n) is 0.916. The Labute approximate surface area is 88.0 Å². The van der Waals surface area contributed by atoms with E-state index in [1.807, 2.05) is 0 Å². The number of unbranched alkanes of at least 4 members (excludes halogenated alkanes) is 1. The molecule has 0 aliphatic heterocycles. The highest BCUT2D eigenvalue weighted by Gasteiger charge is 2.12. The smallest absolute Gasteiger partial charge is 0.233 e. The quantitative estimate of drug-likeness (QED) is 0.532. The lowest BCUT2D eigenvalue weighted by Gasteiger charge is -2.09. The van der Waals surface area contributed by atoms with Crippen LogP contribution in [0.25, 0.3) is 0 Å². The second-order valence-electron chi connectivity index (χ2n) is 2.98. The minimum absolute atomic E-state index is 0.0295. The van der Waals surface area contributed by atoms with Crippen LogP contribution in [0.1, 0.15) is 32.6 Å². The summed E-state index contributed by atoms with van der Waals surface area (Å²) in [5.41, 5.74) is 0. The molecule has 1 amide bonds. The van der Waals surface area contributed by atoms with Gasteiger partial charge in [0.2, 0.25) is 5.91 Å². The maximum atomic E-state index is 11.3. The first-order valence-electron chi connectivity index (χ1n) is 4.75. The van der Waals surface area contributed by atoms with Gasteiger partial charge >= 0.3 is 0 Å². The first kappa shape index (κ1) is 12.9. The molecule has 0 heterocycles. The molecule has 0 rings (SSSR count). The average molecular weight is 252 g/mol. The molecule has 2 N–H and O–H groups in total. The van der Waals surface area contributed by atoms with Gasteiger partial charge in [0.05, 0.1) is 4.83 Å². The standard InChI is InChI=1S/C9H18BrNO2/c1-2-3-5-8(10)9(13)11-6-4-7-12/h8,12H,2-7H2,1H3,(H,11,13). The molecule has 0 bridgehead atoms. The molecule has 13 heavy (non-hydrogen) atoms. The van der Waals surface area contributed by atoms with Crippen LogP contribution in [-0.4, -0.2) is 29.0 Å². The van der Waals surface area contributed by atoms with Crippen LogP contribution in [0, 0.1) is 0 Å². The Hall–Kier alpha value is -0.0900. The number of alkyl halides is 1. The zero-order valence-corrected chi connectivity index (χ0v) is 9.64. The van der Waals surface area contributed by atoms with Crippen molar-refractivity contribution in [1.29, 1.82) is 0 Å². The summed E-state index contributed by atoms with van der Waals surface area (Å²) in [5, 5.41) is 11.2. The van der Waals surface area contributed by atoms with Crippen molar-refractivity contribution in [1.82, 2.24) is 5.32 Å². The molecule has 0 radical (unpaired) electrons. The van der Waals surface area contributed by atoms with Crippen LogP contribution < -0.4 is 5.32 Å². The number of carbonyl (C=O) groups is 1. The molecule has 0 aromatic carbocycles. The third kappa shape index (κ3) is 7.02. The molecule has 0 aromatic rings. The predicted octanol–water partition coefficient (Wildman–Crippen LogP) is 1.44. The molecule has 0 aliphatic rings. The molecule has 0 fully saturated rings. The molecule has 0 aromatic heterocycles. The molecule has 0 saturated heterocycles. The van der Waals surface area contributed by atoms with E-state index in [9.17, 15) is 4.79 Å².